The van der Waals surface area contributed by atoms with Gasteiger partial charge in [0.05, 0.1) is 31.4 Å². The van der Waals surface area contributed by atoms with Crippen molar-refractivity contribution >= 4 is 17.3 Å². The van der Waals surface area contributed by atoms with Crippen LogP contribution in [0.3, 0.4) is 0 Å². The molecule has 0 spiro atoms. The zero-order valence-electron chi connectivity index (χ0n) is 18.5. The number of hydrazone groups is 1. The number of hydrogen-bond donors (Lipinski definition) is 2. The van der Waals surface area contributed by atoms with Crippen LogP contribution in [0.5, 0.6) is 0 Å². The first-order valence-electron chi connectivity index (χ1n) is 11.3. The minimum absolute atomic E-state index is 0.118. The van der Waals surface area contributed by atoms with Gasteiger partial charge >= 0.3 is 0 Å². The van der Waals surface area contributed by atoms with Crippen molar-refractivity contribution in [3.8, 4) is 0 Å². The van der Waals surface area contributed by atoms with Crippen LogP contribution < -0.4 is 10.7 Å². The van der Waals surface area contributed by atoms with Gasteiger partial charge in [0.25, 0.3) is 0 Å². The third kappa shape index (κ3) is 4.08. The Hall–Kier alpha value is -2.96. The van der Waals surface area contributed by atoms with Crippen molar-refractivity contribution in [2.24, 2.45) is 11.0 Å². The average Bonchev–Trinajstić information content (AvgIpc) is 3.47. The van der Waals surface area contributed by atoms with Crippen molar-refractivity contribution in [1.29, 1.82) is 0 Å². The van der Waals surface area contributed by atoms with E-state index < -0.39 is 5.79 Å². The van der Waals surface area contributed by atoms with E-state index >= 15 is 0 Å². The molecule has 0 saturated carbocycles. The van der Waals surface area contributed by atoms with Gasteiger partial charge in [-0.3, -0.25) is 4.79 Å². The second kappa shape index (κ2) is 8.52. The Labute approximate surface area is 188 Å². The number of rotatable bonds is 5. The first-order valence-corrected chi connectivity index (χ1v) is 11.3. The number of hydrogen-bond acceptors (Lipinski definition) is 5. The van der Waals surface area contributed by atoms with E-state index in [9.17, 15) is 4.79 Å². The Balaban J connectivity index is 1.33. The maximum absolute atomic E-state index is 12.3. The first kappa shape index (κ1) is 20.9. The molecular weight excluding hydrogens is 402 g/mol. The number of fused-ring (bicyclic) bond motifs is 3. The number of nitrogens with zero attached hydrogens (tertiary/aromatic N) is 1. The van der Waals surface area contributed by atoms with Crippen LogP contribution in [-0.4, -0.2) is 30.6 Å². The summed E-state index contributed by atoms with van der Waals surface area (Å²) in [5, 5.41) is 8.10. The van der Waals surface area contributed by atoms with E-state index in [2.05, 4.69) is 76.5 Å². The maximum Gasteiger partial charge on any atom is 0.245 e. The molecular formula is C26H29N3O3. The molecule has 3 aliphatic rings. The van der Waals surface area contributed by atoms with Crippen molar-refractivity contribution in [2.75, 3.05) is 18.5 Å². The predicted molar refractivity (Wildman–Crippen MR) is 125 cm³/mol. The number of benzene rings is 2. The average molecular weight is 432 g/mol. The van der Waals surface area contributed by atoms with Crippen LogP contribution in [0, 0.1) is 5.92 Å². The molecule has 1 aliphatic carbocycles. The molecule has 2 N–H and O–H groups in total. The quantitative estimate of drug-likeness (QED) is 0.415. The molecule has 2 aliphatic heterocycles. The molecule has 0 radical (unpaired) electrons. The van der Waals surface area contributed by atoms with E-state index in [-0.39, 0.29) is 12.3 Å². The van der Waals surface area contributed by atoms with Gasteiger partial charge in [-0.15, -0.1) is 0 Å². The van der Waals surface area contributed by atoms with E-state index in [1.54, 1.807) is 6.92 Å². The highest BCUT2D eigenvalue weighted by atomic mass is 16.7. The van der Waals surface area contributed by atoms with Crippen molar-refractivity contribution in [1.82, 2.24) is 5.43 Å². The fraction of sp³-hybridized carbons (Fsp3) is 0.385. The van der Waals surface area contributed by atoms with Crippen LogP contribution in [0.15, 0.2) is 65.8 Å². The van der Waals surface area contributed by atoms with Gasteiger partial charge in [0.15, 0.2) is 5.79 Å². The number of amides is 1. The van der Waals surface area contributed by atoms with E-state index in [4.69, 9.17) is 9.47 Å². The summed E-state index contributed by atoms with van der Waals surface area (Å²) < 4.78 is 11.0. The molecule has 6 nitrogen and oxygen atoms in total. The second-order valence-electron chi connectivity index (χ2n) is 8.93. The minimum atomic E-state index is -0.857. The zero-order chi connectivity index (χ0) is 22.1. The van der Waals surface area contributed by atoms with Gasteiger partial charge in [-0.1, -0.05) is 48.6 Å². The van der Waals surface area contributed by atoms with Crippen LogP contribution >= 0.6 is 0 Å². The second-order valence-corrected chi connectivity index (χ2v) is 8.93. The van der Waals surface area contributed by atoms with E-state index in [1.165, 1.54) is 11.1 Å². The molecule has 0 bridgehead atoms. The van der Waals surface area contributed by atoms with Gasteiger partial charge in [0.2, 0.25) is 5.91 Å². The molecule has 2 aromatic rings. The Morgan fingerprint density at radius 3 is 2.75 bits per heavy atom. The lowest BCUT2D eigenvalue weighted by Gasteiger charge is -2.37. The number of anilines is 1. The SMILES string of the molecule is C/C(=N/NC(=O)CC1(C)OCCO1)c1ccc2c(c1)[C@@H]1C=CC[C@@H]1[C@H](c1ccccc1)N2. The Bertz CT molecular complexity index is 1060. The van der Waals surface area contributed by atoms with Crippen molar-refractivity contribution in [3.63, 3.8) is 0 Å². The number of carbonyl (C=O) groups excluding carboxylic acids is 1. The molecule has 0 unspecified atom stereocenters. The number of carbonyl (C=O) groups is 1. The van der Waals surface area contributed by atoms with Gasteiger partial charge in [0.1, 0.15) is 0 Å². The van der Waals surface area contributed by atoms with Crippen molar-refractivity contribution < 1.29 is 14.3 Å². The molecule has 1 fully saturated rings. The topological polar surface area (TPSA) is 72.0 Å². The standard InChI is InChI=1S/C26H29N3O3/c1-17(28-29-24(30)16-26(2)31-13-14-32-26)19-11-12-23-22(15-19)20-9-6-10-21(20)25(27-23)18-7-4-3-5-8-18/h3-9,11-12,15,20-21,25,27H,10,13-14,16H2,1-2H3,(H,29,30)/b28-17-/t20-,21+,25+/m1/s1. The third-order valence-corrected chi connectivity index (χ3v) is 6.67. The van der Waals surface area contributed by atoms with Crippen LogP contribution in [0.2, 0.25) is 0 Å². The molecule has 6 heteroatoms. The summed E-state index contributed by atoms with van der Waals surface area (Å²) in [6.07, 6.45) is 5.81. The lowest BCUT2D eigenvalue weighted by Crippen LogP contribution is -2.33. The van der Waals surface area contributed by atoms with Crippen LogP contribution in [-0.2, 0) is 14.3 Å². The van der Waals surface area contributed by atoms with E-state index in [0.717, 1.165) is 23.4 Å². The zero-order valence-corrected chi connectivity index (χ0v) is 18.5. The molecule has 5 rings (SSSR count). The summed E-state index contributed by atoms with van der Waals surface area (Å²) >= 11 is 0. The molecule has 3 atom stereocenters. The normalized spacial score (nSPS) is 25.7. The van der Waals surface area contributed by atoms with Crippen LogP contribution in [0.1, 0.15) is 55.3 Å². The van der Waals surface area contributed by atoms with Crippen LogP contribution in [0.4, 0.5) is 5.69 Å². The highest BCUT2D eigenvalue weighted by Gasteiger charge is 2.38. The van der Waals surface area contributed by atoms with E-state index in [0.29, 0.717) is 31.1 Å². The highest BCUT2D eigenvalue weighted by molar-refractivity contribution is 6.00. The minimum Gasteiger partial charge on any atom is -0.378 e. The van der Waals surface area contributed by atoms with Gasteiger partial charge in [0, 0.05) is 11.6 Å². The Morgan fingerprint density at radius 1 is 1.19 bits per heavy atom. The summed E-state index contributed by atoms with van der Waals surface area (Å²) in [6.45, 7) is 4.71. The maximum atomic E-state index is 12.3. The lowest BCUT2D eigenvalue weighted by molar-refractivity contribution is -0.159. The summed E-state index contributed by atoms with van der Waals surface area (Å²) in [4.78, 5) is 12.3. The van der Waals surface area contributed by atoms with Gasteiger partial charge in [-0.2, -0.15) is 5.10 Å². The number of allylic oxidation sites excluding steroid dienone is 2. The van der Waals surface area contributed by atoms with Gasteiger partial charge < -0.3 is 14.8 Å². The number of ether oxygens (including phenoxy) is 2. The molecule has 32 heavy (non-hydrogen) atoms. The van der Waals surface area contributed by atoms with Gasteiger partial charge in [-0.05, 0) is 55.0 Å². The van der Waals surface area contributed by atoms with E-state index in [1.807, 2.05) is 6.92 Å². The third-order valence-electron chi connectivity index (χ3n) is 6.67. The summed E-state index contributed by atoms with van der Waals surface area (Å²) in [5.41, 5.74) is 8.19. The monoisotopic (exact) mass is 431 g/mol. The molecule has 1 saturated heterocycles. The van der Waals surface area contributed by atoms with Crippen LogP contribution in [0.25, 0.3) is 0 Å². The smallest absolute Gasteiger partial charge is 0.245 e. The molecule has 2 aromatic carbocycles. The Kier molecular flexibility index (Phi) is 5.57. The first-order chi connectivity index (χ1) is 15.5. The molecule has 0 aromatic heterocycles. The largest absolute Gasteiger partial charge is 0.378 e. The highest BCUT2D eigenvalue weighted by Crippen LogP contribution is 2.49. The fourth-order valence-corrected chi connectivity index (χ4v) is 5.01. The predicted octanol–water partition coefficient (Wildman–Crippen LogP) is 4.51. The Morgan fingerprint density at radius 2 is 1.97 bits per heavy atom. The number of nitrogens with one attached hydrogen (secondary N) is 2. The summed E-state index contributed by atoms with van der Waals surface area (Å²) in [6, 6.07) is 17.4. The lowest BCUT2D eigenvalue weighted by atomic mass is 9.76. The summed E-state index contributed by atoms with van der Waals surface area (Å²) in [5.74, 6) is -0.220. The van der Waals surface area contributed by atoms with Crippen molar-refractivity contribution in [2.45, 2.75) is 44.4 Å². The molecule has 2 heterocycles. The fourth-order valence-electron chi connectivity index (χ4n) is 5.01. The van der Waals surface area contributed by atoms with Gasteiger partial charge in [-0.25, -0.2) is 5.43 Å². The summed E-state index contributed by atoms with van der Waals surface area (Å²) in [7, 11) is 0. The van der Waals surface area contributed by atoms with Crippen molar-refractivity contribution in [3.05, 3.63) is 77.4 Å². The molecule has 166 valence electrons. The molecule has 1 amide bonds.